The van der Waals surface area contributed by atoms with Crippen LogP contribution in [0.5, 0.6) is 0 Å². The first-order chi connectivity index (χ1) is 11.7. The summed E-state index contributed by atoms with van der Waals surface area (Å²) >= 11 is 0.966. The Kier molecular flexibility index (Phi) is 5.94. The number of hydrogen-bond acceptors (Lipinski definition) is 7. The van der Waals surface area contributed by atoms with Crippen LogP contribution in [-0.2, 0) is 9.47 Å². The van der Waals surface area contributed by atoms with Crippen molar-refractivity contribution in [3.05, 3.63) is 5.69 Å². The molecule has 10 heteroatoms. The molecule has 9 nitrogen and oxygen atoms in total. The van der Waals surface area contributed by atoms with Gasteiger partial charge in [-0.3, -0.25) is 10.1 Å². The third-order valence-electron chi connectivity index (χ3n) is 3.96. The Morgan fingerprint density at radius 3 is 2.38 bits per heavy atom. The second-order valence-corrected chi connectivity index (χ2v) is 6.52. The number of ether oxygens (including phenoxy) is 2. The van der Waals surface area contributed by atoms with E-state index in [1.54, 1.807) is 0 Å². The van der Waals surface area contributed by atoms with Crippen LogP contribution in [0.2, 0.25) is 0 Å². The Labute approximate surface area is 143 Å². The Morgan fingerprint density at radius 1 is 1.08 bits per heavy atom. The summed E-state index contributed by atoms with van der Waals surface area (Å²) in [4.78, 5) is 24.1. The first kappa shape index (κ1) is 17.1. The van der Waals surface area contributed by atoms with Crippen LogP contribution in [0.1, 0.15) is 36.2 Å². The predicted octanol–water partition coefficient (Wildman–Crippen LogP) is 0.747. The quantitative estimate of drug-likeness (QED) is 0.694. The molecule has 0 aromatic carbocycles. The minimum absolute atomic E-state index is 0.0478. The molecule has 2 atom stereocenters. The molecule has 0 bridgehead atoms. The maximum atomic E-state index is 12.2. The Balaban J connectivity index is 1.46. The van der Waals surface area contributed by atoms with E-state index in [1.807, 2.05) is 0 Å². The van der Waals surface area contributed by atoms with Crippen LogP contribution in [0.25, 0.3) is 0 Å². The van der Waals surface area contributed by atoms with E-state index in [0.717, 1.165) is 50.4 Å². The molecular weight excluding hydrogens is 334 g/mol. The van der Waals surface area contributed by atoms with Crippen LogP contribution >= 0.6 is 11.5 Å². The fraction of sp³-hybridized carbons (Fsp3) is 0.714. The molecule has 3 heterocycles. The van der Waals surface area contributed by atoms with Crippen LogP contribution in [0, 0.1) is 0 Å². The molecule has 132 valence electrons. The number of carbonyl (C=O) groups excluding carboxylic acids is 2. The molecule has 1 aromatic heterocycles. The summed E-state index contributed by atoms with van der Waals surface area (Å²) in [5.41, 5.74) is 0.116. The molecule has 1 aromatic rings. The summed E-state index contributed by atoms with van der Waals surface area (Å²) in [6.45, 7) is 2.35. The second kappa shape index (κ2) is 8.36. The van der Waals surface area contributed by atoms with Gasteiger partial charge in [0.25, 0.3) is 5.91 Å². The molecule has 24 heavy (non-hydrogen) atoms. The molecule has 3 amide bonds. The number of anilines is 1. The normalized spacial score (nSPS) is 23.2. The Morgan fingerprint density at radius 2 is 1.75 bits per heavy atom. The number of nitrogens with one attached hydrogen (secondary N) is 3. The molecule has 2 aliphatic heterocycles. The number of hydrogen-bond donors (Lipinski definition) is 3. The van der Waals surface area contributed by atoms with E-state index in [4.69, 9.17) is 9.47 Å². The molecule has 0 radical (unpaired) electrons. The van der Waals surface area contributed by atoms with Gasteiger partial charge in [0.2, 0.25) is 0 Å². The maximum absolute atomic E-state index is 12.2. The molecule has 2 saturated heterocycles. The van der Waals surface area contributed by atoms with E-state index < -0.39 is 6.03 Å². The number of rotatable bonds is 6. The third kappa shape index (κ3) is 4.62. The predicted molar refractivity (Wildman–Crippen MR) is 87.2 cm³/mol. The summed E-state index contributed by atoms with van der Waals surface area (Å²) in [6.07, 6.45) is 4.01. The Hall–Kier alpha value is -1.78. The lowest BCUT2D eigenvalue weighted by Crippen LogP contribution is -2.36. The van der Waals surface area contributed by atoms with Gasteiger partial charge in [-0.05, 0) is 25.7 Å². The van der Waals surface area contributed by atoms with Crippen molar-refractivity contribution in [2.24, 2.45) is 0 Å². The molecular formula is C14H21N5O4S. The highest BCUT2D eigenvalue weighted by atomic mass is 32.1. The first-order valence-corrected chi connectivity index (χ1v) is 8.88. The van der Waals surface area contributed by atoms with Crippen molar-refractivity contribution in [3.8, 4) is 0 Å². The molecule has 2 aliphatic rings. The lowest BCUT2D eigenvalue weighted by Gasteiger charge is -2.12. The highest BCUT2D eigenvalue weighted by Crippen LogP contribution is 2.18. The average molecular weight is 355 g/mol. The molecule has 2 fully saturated rings. The number of urea groups is 1. The molecule has 0 spiro atoms. The topological polar surface area (TPSA) is 114 Å². The SMILES string of the molecule is O=C(NCC1CCCO1)Nc1snnc1C(=O)NCC1CCCO1. The van der Waals surface area contributed by atoms with Crippen molar-refractivity contribution < 1.29 is 19.1 Å². The van der Waals surface area contributed by atoms with Crippen LogP contribution in [0.3, 0.4) is 0 Å². The molecule has 3 N–H and O–H groups in total. The van der Waals surface area contributed by atoms with E-state index in [9.17, 15) is 9.59 Å². The molecule has 0 saturated carbocycles. The number of amides is 3. The fourth-order valence-corrected chi connectivity index (χ4v) is 3.24. The summed E-state index contributed by atoms with van der Waals surface area (Å²) in [6, 6.07) is -0.398. The highest BCUT2D eigenvalue weighted by Gasteiger charge is 2.22. The van der Waals surface area contributed by atoms with E-state index >= 15 is 0 Å². The van der Waals surface area contributed by atoms with Gasteiger partial charge < -0.3 is 20.1 Å². The van der Waals surface area contributed by atoms with Gasteiger partial charge in [0, 0.05) is 37.8 Å². The van der Waals surface area contributed by atoms with Gasteiger partial charge in [-0.2, -0.15) is 0 Å². The summed E-state index contributed by atoms with van der Waals surface area (Å²) < 4.78 is 14.6. The van der Waals surface area contributed by atoms with Gasteiger partial charge in [-0.1, -0.05) is 4.49 Å². The Bertz CT molecular complexity index is 569. The smallest absolute Gasteiger partial charge is 0.320 e. The van der Waals surface area contributed by atoms with Crippen LogP contribution in [0.4, 0.5) is 9.80 Å². The van der Waals surface area contributed by atoms with Gasteiger partial charge in [0.1, 0.15) is 0 Å². The number of aromatic nitrogens is 2. The van der Waals surface area contributed by atoms with Gasteiger partial charge in [0.05, 0.1) is 12.2 Å². The zero-order chi connectivity index (χ0) is 16.8. The molecule has 0 aliphatic carbocycles. The van der Waals surface area contributed by atoms with Gasteiger partial charge in [-0.15, -0.1) is 5.10 Å². The summed E-state index contributed by atoms with van der Waals surface area (Å²) in [5, 5.41) is 12.2. The fourth-order valence-electron chi connectivity index (χ4n) is 2.68. The van der Waals surface area contributed by atoms with E-state index in [1.165, 1.54) is 0 Å². The number of carbonyl (C=O) groups is 2. The zero-order valence-electron chi connectivity index (χ0n) is 13.2. The average Bonchev–Trinajstić information content (AvgIpc) is 3.32. The summed E-state index contributed by atoms with van der Waals surface area (Å²) in [5.74, 6) is -0.367. The van der Waals surface area contributed by atoms with Crippen molar-refractivity contribution in [1.82, 2.24) is 20.2 Å². The first-order valence-electron chi connectivity index (χ1n) is 8.11. The summed E-state index contributed by atoms with van der Waals surface area (Å²) in [7, 11) is 0. The third-order valence-corrected chi connectivity index (χ3v) is 4.60. The van der Waals surface area contributed by atoms with E-state index in [2.05, 4.69) is 25.5 Å². The van der Waals surface area contributed by atoms with Gasteiger partial charge >= 0.3 is 6.03 Å². The van der Waals surface area contributed by atoms with Crippen LogP contribution in [-0.4, -0.2) is 60.0 Å². The van der Waals surface area contributed by atoms with Crippen molar-refractivity contribution in [1.29, 1.82) is 0 Å². The van der Waals surface area contributed by atoms with Crippen molar-refractivity contribution in [3.63, 3.8) is 0 Å². The molecule has 2 unspecified atom stereocenters. The minimum atomic E-state index is -0.398. The van der Waals surface area contributed by atoms with Crippen molar-refractivity contribution >= 4 is 28.5 Å². The van der Waals surface area contributed by atoms with E-state index in [0.29, 0.717) is 18.1 Å². The van der Waals surface area contributed by atoms with Gasteiger partial charge in [-0.25, -0.2) is 4.79 Å². The largest absolute Gasteiger partial charge is 0.376 e. The molecule has 3 rings (SSSR count). The second-order valence-electron chi connectivity index (χ2n) is 5.77. The zero-order valence-corrected chi connectivity index (χ0v) is 14.1. The van der Waals surface area contributed by atoms with Crippen LogP contribution < -0.4 is 16.0 Å². The van der Waals surface area contributed by atoms with Crippen molar-refractivity contribution in [2.75, 3.05) is 31.6 Å². The lowest BCUT2D eigenvalue weighted by molar-refractivity contribution is 0.0854. The number of nitrogens with zero attached hydrogens (tertiary/aromatic N) is 2. The minimum Gasteiger partial charge on any atom is -0.376 e. The monoisotopic (exact) mass is 355 g/mol. The van der Waals surface area contributed by atoms with Crippen LogP contribution in [0.15, 0.2) is 0 Å². The van der Waals surface area contributed by atoms with E-state index in [-0.39, 0.29) is 23.8 Å². The van der Waals surface area contributed by atoms with Crippen molar-refractivity contribution in [2.45, 2.75) is 37.9 Å². The van der Waals surface area contributed by atoms with Gasteiger partial charge in [0.15, 0.2) is 10.7 Å². The highest BCUT2D eigenvalue weighted by molar-refractivity contribution is 7.10. The standard InChI is InChI=1S/C14H21N5O4S/c20-12(15-7-9-3-1-5-22-9)11-13(24-19-18-11)17-14(21)16-8-10-4-2-6-23-10/h9-10H,1-8H2,(H,15,20)(H2,16,17,21). The lowest BCUT2D eigenvalue weighted by atomic mass is 10.2. The maximum Gasteiger partial charge on any atom is 0.320 e.